The number of rotatable bonds is 9. The molecule has 0 bridgehead atoms. The van der Waals surface area contributed by atoms with Crippen molar-refractivity contribution in [3.63, 3.8) is 0 Å². The van der Waals surface area contributed by atoms with Gasteiger partial charge < -0.3 is 29.3 Å². The number of carbonyl (C=O) groups excluding carboxylic acids is 3. The van der Waals surface area contributed by atoms with Gasteiger partial charge in [-0.3, -0.25) is 14.4 Å². The first-order valence-corrected chi connectivity index (χ1v) is 14.5. The number of amides is 3. The van der Waals surface area contributed by atoms with Crippen LogP contribution in [0.3, 0.4) is 0 Å². The van der Waals surface area contributed by atoms with Crippen LogP contribution in [0.2, 0.25) is 0 Å². The lowest BCUT2D eigenvalue weighted by atomic mass is 9.74. The van der Waals surface area contributed by atoms with Gasteiger partial charge in [0.25, 0.3) is 0 Å². The maximum atomic E-state index is 14.4. The molecule has 0 aliphatic carbocycles. The van der Waals surface area contributed by atoms with E-state index in [1.54, 1.807) is 14.7 Å². The lowest BCUT2D eigenvalue weighted by molar-refractivity contribution is -0.152. The van der Waals surface area contributed by atoms with Crippen LogP contribution >= 0.6 is 0 Å². The second kappa shape index (κ2) is 11.0. The summed E-state index contributed by atoms with van der Waals surface area (Å²) >= 11 is 0. The summed E-state index contributed by atoms with van der Waals surface area (Å²) in [5.41, 5.74) is -1.60. The third kappa shape index (κ3) is 4.53. The Morgan fingerprint density at radius 1 is 0.975 bits per heavy atom. The van der Waals surface area contributed by atoms with Crippen LogP contribution in [0.1, 0.15) is 47.0 Å². The highest BCUT2D eigenvalue weighted by molar-refractivity contribution is 6.04. The maximum absolute atomic E-state index is 14.4. The zero-order valence-electron chi connectivity index (χ0n) is 23.9. The first-order chi connectivity index (χ1) is 19.2. The molecule has 1 aromatic carbocycles. The van der Waals surface area contributed by atoms with Gasteiger partial charge in [0.1, 0.15) is 17.4 Å². The maximum Gasteiger partial charge on any atom is 0.249 e. The smallest absolute Gasteiger partial charge is 0.249 e. The molecular weight excluding hydrogens is 510 g/mol. The molecule has 9 heteroatoms. The van der Waals surface area contributed by atoms with Crippen LogP contribution in [0.15, 0.2) is 48.6 Å². The number of nitrogens with zero attached hydrogens (tertiary/aromatic N) is 3. The van der Waals surface area contributed by atoms with Crippen LogP contribution < -0.4 is 9.64 Å². The molecule has 216 valence electrons. The van der Waals surface area contributed by atoms with Gasteiger partial charge in [-0.15, -0.1) is 0 Å². The zero-order chi connectivity index (χ0) is 28.7. The molecule has 9 nitrogen and oxygen atoms in total. The molecule has 1 unspecified atom stereocenters. The van der Waals surface area contributed by atoms with E-state index in [2.05, 4.69) is 0 Å². The number of carbonyl (C=O) groups is 3. The Kier molecular flexibility index (Phi) is 7.81. The number of ether oxygens (including phenoxy) is 2. The van der Waals surface area contributed by atoms with Crippen LogP contribution in [0.4, 0.5) is 5.69 Å². The highest BCUT2D eigenvalue weighted by Crippen LogP contribution is 2.57. The van der Waals surface area contributed by atoms with Crippen molar-refractivity contribution in [2.24, 2.45) is 11.8 Å². The van der Waals surface area contributed by atoms with Gasteiger partial charge in [0.05, 0.1) is 24.0 Å². The van der Waals surface area contributed by atoms with Gasteiger partial charge in [-0.1, -0.05) is 24.3 Å². The van der Waals surface area contributed by atoms with Gasteiger partial charge in [-0.25, -0.2) is 0 Å². The van der Waals surface area contributed by atoms with Gasteiger partial charge in [0.2, 0.25) is 17.7 Å². The minimum absolute atomic E-state index is 0.0585. The van der Waals surface area contributed by atoms with Crippen LogP contribution in [0.5, 0.6) is 5.75 Å². The summed E-state index contributed by atoms with van der Waals surface area (Å²) in [5.74, 6) is -1.50. The van der Waals surface area contributed by atoms with Crippen molar-refractivity contribution in [3.8, 4) is 5.75 Å². The Balaban J connectivity index is 1.55. The quantitative estimate of drug-likeness (QED) is 0.374. The van der Waals surface area contributed by atoms with E-state index in [1.807, 2.05) is 76.3 Å². The van der Waals surface area contributed by atoms with E-state index in [0.717, 1.165) is 12.2 Å². The minimum atomic E-state index is -1.25. The number of benzene rings is 1. The molecule has 1 aromatic rings. The van der Waals surface area contributed by atoms with Crippen molar-refractivity contribution in [3.05, 3.63) is 48.6 Å². The van der Waals surface area contributed by atoms with Gasteiger partial charge in [0.15, 0.2) is 0 Å². The van der Waals surface area contributed by atoms with Gasteiger partial charge in [-0.2, -0.15) is 0 Å². The molecule has 0 aromatic heterocycles. The molecule has 0 saturated carbocycles. The molecule has 3 amide bonds. The fourth-order valence-corrected chi connectivity index (χ4v) is 6.94. The Bertz CT molecular complexity index is 1200. The minimum Gasteiger partial charge on any atom is -0.494 e. The van der Waals surface area contributed by atoms with Crippen molar-refractivity contribution in [1.82, 2.24) is 9.80 Å². The van der Waals surface area contributed by atoms with Crippen molar-refractivity contribution in [2.75, 3.05) is 37.7 Å². The van der Waals surface area contributed by atoms with Crippen molar-refractivity contribution in [2.45, 2.75) is 70.2 Å². The zero-order valence-corrected chi connectivity index (χ0v) is 23.9. The third-order valence-electron chi connectivity index (χ3n) is 8.73. The molecule has 4 aliphatic heterocycles. The van der Waals surface area contributed by atoms with Crippen LogP contribution in [-0.4, -0.2) is 88.8 Å². The number of anilines is 1. The number of likely N-dealkylation sites (tertiary alicyclic amines) is 1. The molecule has 4 heterocycles. The van der Waals surface area contributed by atoms with E-state index >= 15 is 0 Å². The topological polar surface area (TPSA) is 99.6 Å². The van der Waals surface area contributed by atoms with Gasteiger partial charge in [0, 0.05) is 38.0 Å². The normalized spacial score (nSPS) is 31.4. The SMILES string of the molecule is CCOc1ccc(N2CC=C[C@@]3(C)O[C@]45C=CCN(C(C)C)C(=O)C4N(CCCCCO)C(=O)[C@@H]5[C@H]3C2=O)cc1. The standard InChI is InChI=1S/C31H41N3O6/c1-5-39-23-13-11-22(12-14-23)33-19-9-15-30(4)24(27(33)36)25-28(37)34(17-7-6-8-20-35)26-29(38)32(21(2)3)18-10-16-31(25,26)40-30/h9-16,21,24-26,35H,5-8,17-20H2,1-4H3/t24-,25-,26?,30+,31-/m0/s1. The number of unbranched alkanes of at least 4 members (excludes halogenated alkanes) is 2. The summed E-state index contributed by atoms with van der Waals surface area (Å²) in [4.78, 5) is 48.0. The van der Waals surface area contributed by atoms with E-state index in [9.17, 15) is 19.5 Å². The predicted octanol–water partition coefficient (Wildman–Crippen LogP) is 2.93. The number of hydrogen-bond donors (Lipinski definition) is 1. The second-order valence-corrected chi connectivity index (χ2v) is 11.6. The molecule has 1 N–H and O–H groups in total. The molecule has 1 spiro atoms. The first kappa shape index (κ1) is 28.4. The summed E-state index contributed by atoms with van der Waals surface area (Å²) in [5, 5.41) is 9.25. The number of fused-ring (bicyclic) bond motifs is 2. The highest BCUT2D eigenvalue weighted by atomic mass is 16.5. The lowest BCUT2D eigenvalue weighted by Gasteiger charge is -2.38. The largest absolute Gasteiger partial charge is 0.494 e. The monoisotopic (exact) mass is 551 g/mol. The van der Waals surface area contributed by atoms with Crippen LogP contribution in [0.25, 0.3) is 0 Å². The summed E-state index contributed by atoms with van der Waals surface area (Å²) in [6.07, 6.45) is 9.63. The molecule has 5 rings (SSSR count). The molecule has 40 heavy (non-hydrogen) atoms. The number of aliphatic hydroxyl groups is 1. The summed E-state index contributed by atoms with van der Waals surface area (Å²) in [7, 11) is 0. The molecule has 2 fully saturated rings. The van der Waals surface area contributed by atoms with Gasteiger partial charge in [-0.05, 0) is 71.2 Å². The van der Waals surface area contributed by atoms with Crippen molar-refractivity contribution < 1.29 is 29.0 Å². The van der Waals surface area contributed by atoms with Crippen molar-refractivity contribution >= 4 is 23.4 Å². The Labute approximate surface area is 236 Å². The van der Waals surface area contributed by atoms with Gasteiger partial charge >= 0.3 is 0 Å². The molecule has 0 radical (unpaired) electrons. The Morgan fingerprint density at radius 3 is 2.38 bits per heavy atom. The number of hydrogen-bond acceptors (Lipinski definition) is 6. The predicted molar refractivity (Wildman–Crippen MR) is 151 cm³/mol. The third-order valence-corrected chi connectivity index (χ3v) is 8.73. The van der Waals surface area contributed by atoms with E-state index in [1.165, 1.54) is 0 Å². The van der Waals surface area contributed by atoms with Crippen molar-refractivity contribution in [1.29, 1.82) is 0 Å². The summed E-state index contributed by atoms with van der Waals surface area (Å²) in [6, 6.07) is 6.47. The van der Waals surface area contributed by atoms with Crippen LogP contribution in [0, 0.1) is 11.8 Å². The Hall–Kier alpha value is -3.17. The molecule has 4 aliphatic rings. The fourth-order valence-electron chi connectivity index (χ4n) is 6.94. The van der Waals surface area contributed by atoms with E-state index in [0.29, 0.717) is 44.8 Å². The average molecular weight is 552 g/mol. The molecule has 5 atom stereocenters. The highest BCUT2D eigenvalue weighted by Gasteiger charge is 2.74. The number of aliphatic hydroxyl groups excluding tert-OH is 1. The lowest BCUT2D eigenvalue weighted by Crippen LogP contribution is -2.57. The first-order valence-electron chi connectivity index (χ1n) is 14.5. The summed E-state index contributed by atoms with van der Waals surface area (Å²) in [6.45, 7) is 9.47. The molecule has 2 saturated heterocycles. The van der Waals surface area contributed by atoms with Crippen LogP contribution in [-0.2, 0) is 19.1 Å². The van der Waals surface area contributed by atoms with E-state index in [4.69, 9.17) is 9.47 Å². The summed E-state index contributed by atoms with van der Waals surface area (Å²) < 4.78 is 12.4. The Morgan fingerprint density at radius 2 is 1.70 bits per heavy atom. The molecular formula is C31H41N3O6. The average Bonchev–Trinajstić information content (AvgIpc) is 3.18. The second-order valence-electron chi connectivity index (χ2n) is 11.6. The van der Waals surface area contributed by atoms with E-state index in [-0.39, 0.29) is 30.4 Å². The van der Waals surface area contributed by atoms with E-state index < -0.39 is 29.1 Å². The fraction of sp³-hybridized carbons (Fsp3) is 0.581.